The van der Waals surface area contributed by atoms with Crippen molar-refractivity contribution in [3.05, 3.63) is 61.3 Å². The van der Waals surface area contributed by atoms with E-state index < -0.39 is 0 Å². The molecule has 6 heterocycles. The molecular weight excluding hydrogens is 474 g/mol. The van der Waals surface area contributed by atoms with Crippen molar-refractivity contribution >= 4 is 33.4 Å². The number of hydrogen-bond donors (Lipinski definition) is 3. The second kappa shape index (κ2) is 9.90. The fraction of sp³-hybridized carbons (Fsp3) is 0.310. The van der Waals surface area contributed by atoms with Gasteiger partial charge in [0.2, 0.25) is 0 Å². The van der Waals surface area contributed by atoms with Crippen LogP contribution >= 0.6 is 0 Å². The lowest BCUT2D eigenvalue weighted by Crippen LogP contribution is -2.44. The maximum absolute atomic E-state index is 4.74. The van der Waals surface area contributed by atoms with Gasteiger partial charge in [-0.2, -0.15) is 5.10 Å². The molecule has 194 valence electrons. The molecule has 0 radical (unpaired) electrons. The molecule has 0 unspecified atom stereocenters. The third kappa shape index (κ3) is 4.72. The van der Waals surface area contributed by atoms with Crippen LogP contribution in [0.25, 0.3) is 44.5 Å². The van der Waals surface area contributed by atoms with E-state index in [4.69, 9.17) is 4.98 Å². The molecule has 0 atom stereocenters. The van der Waals surface area contributed by atoms with Gasteiger partial charge in [0.25, 0.3) is 0 Å². The molecule has 0 amide bonds. The highest BCUT2D eigenvalue weighted by Crippen LogP contribution is 2.34. The third-order valence-electron chi connectivity index (χ3n) is 7.05. The second-order valence-electron chi connectivity index (χ2n) is 10.6. The Kier molecular flexibility index (Phi) is 6.29. The molecule has 1 saturated heterocycles. The van der Waals surface area contributed by atoms with E-state index in [1.54, 1.807) is 0 Å². The lowest BCUT2D eigenvalue weighted by molar-refractivity contribution is 0.312. The molecule has 9 nitrogen and oxygen atoms in total. The number of nitrogens with zero attached hydrogens (tertiary/aromatic N) is 6. The molecule has 0 saturated carbocycles. The minimum atomic E-state index is 0.537. The van der Waals surface area contributed by atoms with Gasteiger partial charge in [-0.1, -0.05) is 20.4 Å². The summed E-state index contributed by atoms with van der Waals surface area (Å²) in [7, 11) is 2.16. The van der Waals surface area contributed by atoms with Crippen molar-refractivity contribution in [2.24, 2.45) is 5.92 Å². The van der Waals surface area contributed by atoms with Gasteiger partial charge in [-0.3, -0.25) is 10.1 Å². The zero-order chi connectivity index (χ0) is 26.2. The highest BCUT2D eigenvalue weighted by atomic mass is 15.3. The Balaban J connectivity index is 1.34. The molecule has 5 aromatic heterocycles. The normalized spacial score (nSPS) is 14.6. The Morgan fingerprint density at radius 2 is 1.84 bits per heavy atom. The van der Waals surface area contributed by atoms with Gasteiger partial charge in [0.15, 0.2) is 5.65 Å². The van der Waals surface area contributed by atoms with Crippen molar-refractivity contribution in [1.82, 2.24) is 35.0 Å². The fourth-order valence-corrected chi connectivity index (χ4v) is 5.12. The maximum Gasteiger partial charge on any atom is 0.155 e. The van der Waals surface area contributed by atoms with Crippen LogP contribution in [0.15, 0.2) is 61.3 Å². The number of nitrogens with one attached hydrogen (secondary N) is 3. The summed E-state index contributed by atoms with van der Waals surface area (Å²) in [5.41, 5.74) is 7.42. The van der Waals surface area contributed by atoms with E-state index in [-0.39, 0.29) is 0 Å². The molecular formula is C29H33N9. The Hall–Kier alpha value is -4.24. The number of aromatic nitrogens is 6. The molecule has 38 heavy (non-hydrogen) atoms. The molecule has 0 spiro atoms. The van der Waals surface area contributed by atoms with Crippen LogP contribution in [0.4, 0.5) is 11.5 Å². The number of aromatic amines is 2. The Morgan fingerprint density at radius 1 is 1.03 bits per heavy atom. The van der Waals surface area contributed by atoms with E-state index >= 15 is 0 Å². The van der Waals surface area contributed by atoms with Gasteiger partial charge in [0, 0.05) is 72.4 Å². The molecule has 1 aliphatic rings. The van der Waals surface area contributed by atoms with Gasteiger partial charge in [0.1, 0.15) is 11.5 Å². The zero-order valence-corrected chi connectivity index (χ0v) is 22.1. The van der Waals surface area contributed by atoms with Crippen LogP contribution in [0, 0.1) is 5.92 Å². The first-order valence-corrected chi connectivity index (χ1v) is 13.1. The van der Waals surface area contributed by atoms with E-state index in [0.29, 0.717) is 5.92 Å². The molecule has 0 aliphatic carbocycles. The van der Waals surface area contributed by atoms with Crippen LogP contribution < -0.4 is 10.2 Å². The predicted molar refractivity (Wildman–Crippen MR) is 154 cm³/mol. The average Bonchev–Trinajstić information content (AvgIpc) is 3.52. The summed E-state index contributed by atoms with van der Waals surface area (Å²) in [6.07, 6.45) is 8.32. The summed E-state index contributed by atoms with van der Waals surface area (Å²) < 4.78 is 0. The van der Waals surface area contributed by atoms with E-state index in [1.807, 2.05) is 30.9 Å². The first-order valence-electron chi connectivity index (χ1n) is 13.1. The summed E-state index contributed by atoms with van der Waals surface area (Å²) >= 11 is 0. The highest BCUT2D eigenvalue weighted by Gasteiger charge is 2.20. The maximum atomic E-state index is 4.74. The number of hydrogen-bond acceptors (Lipinski definition) is 7. The fourth-order valence-electron chi connectivity index (χ4n) is 5.12. The number of likely N-dealkylation sites (N-methyl/N-ethyl adjacent to an activating group) is 1. The van der Waals surface area contributed by atoms with Gasteiger partial charge in [-0.15, -0.1) is 0 Å². The molecule has 3 N–H and O–H groups in total. The van der Waals surface area contributed by atoms with Crippen LogP contribution in [-0.4, -0.2) is 68.3 Å². The van der Waals surface area contributed by atoms with Crippen LogP contribution in [0.5, 0.6) is 0 Å². The van der Waals surface area contributed by atoms with Gasteiger partial charge in [0.05, 0.1) is 23.1 Å². The van der Waals surface area contributed by atoms with Crippen LogP contribution in [0.2, 0.25) is 0 Å². The lowest BCUT2D eigenvalue weighted by atomic mass is 10.1. The molecule has 1 fully saturated rings. The summed E-state index contributed by atoms with van der Waals surface area (Å²) in [5, 5.41) is 13.2. The van der Waals surface area contributed by atoms with E-state index in [1.165, 1.54) is 0 Å². The van der Waals surface area contributed by atoms with Gasteiger partial charge in [-0.25, -0.2) is 9.97 Å². The van der Waals surface area contributed by atoms with Crippen LogP contribution in [0.1, 0.15) is 20.3 Å². The molecule has 0 bridgehead atoms. The zero-order valence-electron chi connectivity index (χ0n) is 22.1. The van der Waals surface area contributed by atoms with Gasteiger partial charge in [-0.05, 0) is 43.7 Å². The van der Waals surface area contributed by atoms with Crippen molar-refractivity contribution in [1.29, 1.82) is 0 Å². The quantitative estimate of drug-likeness (QED) is 0.275. The SMILES string of the molecule is C=C(CC(C)C)Nc1cncc(-c2cnc3[nH]nc(-c4cc5c(N6CCN(C)CC6)nccc5[nH]4)c3c2)c1. The second-order valence-corrected chi connectivity index (χ2v) is 10.6. The van der Waals surface area contributed by atoms with Crippen molar-refractivity contribution in [2.75, 3.05) is 43.4 Å². The third-order valence-corrected chi connectivity index (χ3v) is 7.05. The van der Waals surface area contributed by atoms with E-state index in [2.05, 4.69) is 85.9 Å². The van der Waals surface area contributed by atoms with Crippen molar-refractivity contribution in [3.8, 4) is 22.5 Å². The first kappa shape index (κ1) is 24.1. The average molecular weight is 508 g/mol. The first-order chi connectivity index (χ1) is 18.4. The number of H-pyrrole nitrogens is 2. The van der Waals surface area contributed by atoms with Crippen molar-refractivity contribution in [2.45, 2.75) is 20.3 Å². The minimum absolute atomic E-state index is 0.537. The van der Waals surface area contributed by atoms with Gasteiger partial charge >= 0.3 is 0 Å². The molecule has 0 aromatic carbocycles. The van der Waals surface area contributed by atoms with E-state index in [0.717, 1.165) is 94.3 Å². The molecule has 6 rings (SSSR count). The molecule has 5 aromatic rings. The number of anilines is 2. The Bertz CT molecular complexity index is 1610. The van der Waals surface area contributed by atoms with Crippen LogP contribution in [-0.2, 0) is 0 Å². The summed E-state index contributed by atoms with van der Waals surface area (Å²) in [4.78, 5) is 22.1. The Morgan fingerprint density at radius 3 is 2.66 bits per heavy atom. The topological polar surface area (TPSA) is 102 Å². The number of allylic oxidation sites excluding steroid dienone is 1. The summed E-state index contributed by atoms with van der Waals surface area (Å²) in [6, 6.07) is 8.38. The minimum Gasteiger partial charge on any atom is -0.358 e. The number of pyridine rings is 3. The monoisotopic (exact) mass is 507 g/mol. The largest absolute Gasteiger partial charge is 0.358 e. The number of fused-ring (bicyclic) bond motifs is 2. The predicted octanol–water partition coefficient (Wildman–Crippen LogP) is 5.29. The lowest BCUT2D eigenvalue weighted by Gasteiger charge is -2.33. The van der Waals surface area contributed by atoms with Crippen molar-refractivity contribution < 1.29 is 0 Å². The number of piperazine rings is 1. The molecule has 9 heteroatoms. The van der Waals surface area contributed by atoms with Gasteiger partial charge < -0.3 is 20.1 Å². The Labute approximate surface area is 222 Å². The van der Waals surface area contributed by atoms with Crippen LogP contribution in [0.3, 0.4) is 0 Å². The highest BCUT2D eigenvalue weighted by molar-refractivity contribution is 5.99. The summed E-state index contributed by atoms with van der Waals surface area (Å²) in [6.45, 7) is 12.5. The molecule has 1 aliphatic heterocycles. The van der Waals surface area contributed by atoms with Crippen molar-refractivity contribution in [3.63, 3.8) is 0 Å². The number of rotatable bonds is 7. The summed E-state index contributed by atoms with van der Waals surface area (Å²) in [5.74, 6) is 1.56. The smallest absolute Gasteiger partial charge is 0.155 e. The standard InChI is InChI=1S/C29H33N9/c1-18(2)11-19(3)33-22-12-20(15-30-17-22)21-13-24-27(35-36-28(24)32-16-21)26-14-23-25(34-26)5-6-31-29(23)38-9-7-37(4)8-10-38/h5-6,12-18,33-34H,3,7-11H2,1-2,4H3,(H,32,35,36). The van der Waals surface area contributed by atoms with E-state index in [9.17, 15) is 0 Å².